The maximum absolute atomic E-state index is 12.6. The molecule has 184 valence electrons. The number of amides is 1. The molecule has 0 aromatic heterocycles. The number of alkyl carbamates (subject to hydrolysis) is 1. The van der Waals surface area contributed by atoms with E-state index >= 15 is 0 Å². The minimum Gasteiger partial charge on any atom is -0.469 e. The summed E-state index contributed by atoms with van der Waals surface area (Å²) in [6.07, 6.45) is -0.716. The Morgan fingerprint density at radius 1 is 0.879 bits per heavy atom. The molecule has 0 radical (unpaired) electrons. The number of methoxy groups -OCH3 is 2. The van der Waals surface area contributed by atoms with E-state index in [1.54, 1.807) is 59.7 Å². The number of hydrogen-bond donors (Lipinski definition) is 1. The lowest BCUT2D eigenvalue weighted by atomic mass is 9.91. The van der Waals surface area contributed by atoms with Gasteiger partial charge in [0.05, 0.1) is 32.1 Å². The van der Waals surface area contributed by atoms with Gasteiger partial charge in [-0.05, 0) is 71.2 Å². The molecule has 0 heterocycles. The van der Waals surface area contributed by atoms with E-state index in [1.807, 2.05) is 0 Å². The summed E-state index contributed by atoms with van der Waals surface area (Å²) in [4.78, 5) is 48.8. The van der Waals surface area contributed by atoms with Crippen molar-refractivity contribution in [2.75, 3.05) is 14.2 Å². The smallest absolute Gasteiger partial charge is 0.407 e. The highest BCUT2D eigenvalue weighted by molar-refractivity contribution is 5.90. The molecule has 1 rings (SSSR count). The fraction of sp³-hybridized carbons (Fsp3) is 0.583. The van der Waals surface area contributed by atoms with E-state index in [0.717, 1.165) is 0 Å². The third-order valence-electron chi connectivity index (χ3n) is 4.30. The molecule has 1 N–H and O–H groups in total. The third-order valence-corrected chi connectivity index (χ3v) is 4.30. The number of carbonyl (C=O) groups is 4. The summed E-state index contributed by atoms with van der Waals surface area (Å²) in [5, 5.41) is 2.67. The van der Waals surface area contributed by atoms with Gasteiger partial charge in [0.2, 0.25) is 0 Å². The molecule has 1 aromatic carbocycles. The predicted octanol–water partition coefficient (Wildman–Crippen LogP) is 3.56. The summed E-state index contributed by atoms with van der Waals surface area (Å²) in [7, 11) is 2.46. The van der Waals surface area contributed by atoms with Gasteiger partial charge in [0.15, 0.2) is 0 Å². The van der Waals surface area contributed by atoms with Crippen molar-refractivity contribution in [1.82, 2.24) is 5.32 Å². The molecule has 0 aliphatic rings. The molecule has 9 heteroatoms. The van der Waals surface area contributed by atoms with Crippen molar-refractivity contribution in [1.29, 1.82) is 0 Å². The highest BCUT2D eigenvalue weighted by Gasteiger charge is 2.26. The topological polar surface area (TPSA) is 117 Å². The van der Waals surface area contributed by atoms with E-state index in [-0.39, 0.29) is 24.9 Å². The molecule has 0 saturated carbocycles. The van der Waals surface area contributed by atoms with Crippen LogP contribution in [0.2, 0.25) is 0 Å². The standard InChI is InChI=1S/C24H35NO8/c1-23(2,3)32-21(28)15-9-10-16(14-25-22(29)33-24(4,5)6)17(11-15)12-18(20(27)31-8)13-19(26)30-7/h9-11,18H,12-14H2,1-8H3,(H,25,29). The van der Waals surface area contributed by atoms with Gasteiger partial charge in [0, 0.05) is 6.54 Å². The summed E-state index contributed by atoms with van der Waals surface area (Å²) in [5.41, 5.74) is 0.153. The average Bonchev–Trinajstić information content (AvgIpc) is 2.68. The molecule has 0 aliphatic heterocycles. The molecular formula is C24H35NO8. The Morgan fingerprint density at radius 3 is 2.00 bits per heavy atom. The SMILES string of the molecule is COC(=O)CC(Cc1cc(C(=O)OC(C)(C)C)ccc1CNC(=O)OC(C)(C)C)C(=O)OC. The van der Waals surface area contributed by atoms with E-state index in [2.05, 4.69) is 5.32 Å². The molecule has 0 fully saturated rings. The van der Waals surface area contributed by atoms with Gasteiger partial charge >= 0.3 is 24.0 Å². The zero-order valence-corrected chi connectivity index (χ0v) is 20.7. The minimum absolute atomic E-state index is 0.0870. The number of esters is 3. The van der Waals surface area contributed by atoms with Crippen molar-refractivity contribution in [3.8, 4) is 0 Å². The summed E-state index contributed by atoms with van der Waals surface area (Å²) in [6.45, 7) is 10.6. The fourth-order valence-corrected chi connectivity index (χ4v) is 2.89. The van der Waals surface area contributed by atoms with E-state index < -0.39 is 41.1 Å². The molecular weight excluding hydrogens is 430 g/mol. The van der Waals surface area contributed by atoms with Crippen molar-refractivity contribution >= 4 is 24.0 Å². The van der Waals surface area contributed by atoms with Gasteiger partial charge in [0.1, 0.15) is 11.2 Å². The lowest BCUT2D eigenvalue weighted by Crippen LogP contribution is -2.32. The largest absolute Gasteiger partial charge is 0.469 e. The second kappa shape index (κ2) is 11.7. The molecule has 1 atom stereocenters. The Kier molecular flexibility index (Phi) is 9.88. The monoisotopic (exact) mass is 465 g/mol. The summed E-state index contributed by atoms with van der Waals surface area (Å²) >= 11 is 0. The molecule has 1 amide bonds. The predicted molar refractivity (Wildman–Crippen MR) is 121 cm³/mol. The number of rotatable bonds is 8. The summed E-state index contributed by atoms with van der Waals surface area (Å²) < 4.78 is 20.2. The van der Waals surface area contributed by atoms with E-state index in [1.165, 1.54) is 14.2 Å². The van der Waals surface area contributed by atoms with Gasteiger partial charge in [-0.1, -0.05) is 6.07 Å². The summed E-state index contributed by atoms with van der Waals surface area (Å²) in [6, 6.07) is 4.84. The van der Waals surface area contributed by atoms with Crippen molar-refractivity contribution in [2.45, 2.75) is 72.1 Å². The average molecular weight is 466 g/mol. The number of benzene rings is 1. The number of hydrogen-bond acceptors (Lipinski definition) is 8. The van der Waals surface area contributed by atoms with Gasteiger partial charge in [0.25, 0.3) is 0 Å². The lowest BCUT2D eigenvalue weighted by molar-refractivity contribution is -0.152. The van der Waals surface area contributed by atoms with E-state index in [4.69, 9.17) is 18.9 Å². The van der Waals surface area contributed by atoms with Crippen LogP contribution in [0.15, 0.2) is 18.2 Å². The van der Waals surface area contributed by atoms with Crippen LogP contribution in [0.1, 0.15) is 69.4 Å². The zero-order chi connectivity index (χ0) is 25.4. The van der Waals surface area contributed by atoms with Crippen LogP contribution in [0, 0.1) is 5.92 Å². The Hall–Kier alpha value is -3.10. The van der Waals surface area contributed by atoms with Crippen molar-refractivity contribution in [3.63, 3.8) is 0 Å². The van der Waals surface area contributed by atoms with Crippen LogP contribution in [0.4, 0.5) is 4.79 Å². The molecule has 33 heavy (non-hydrogen) atoms. The molecule has 0 spiro atoms. The third kappa shape index (κ3) is 10.4. The Labute approximate surface area is 195 Å². The molecule has 0 aliphatic carbocycles. The lowest BCUT2D eigenvalue weighted by Gasteiger charge is -2.22. The molecule has 1 aromatic rings. The quantitative estimate of drug-likeness (QED) is 0.457. The van der Waals surface area contributed by atoms with Crippen molar-refractivity contribution in [2.24, 2.45) is 5.92 Å². The Morgan fingerprint density at radius 2 is 1.48 bits per heavy atom. The molecule has 0 bridgehead atoms. The van der Waals surface area contributed by atoms with Gasteiger partial charge in [-0.15, -0.1) is 0 Å². The first kappa shape index (κ1) is 27.9. The molecule has 0 saturated heterocycles. The Balaban J connectivity index is 3.26. The highest BCUT2D eigenvalue weighted by Crippen LogP contribution is 2.22. The number of nitrogens with one attached hydrogen (secondary N) is 1. The minimum atomic E-state index is -0.836. The van der Waals surface area contributed by atoms with Crippen molar-refractivity contribution in [3.05, 3.63) is 34.9 Å². The van der Waals surface area contributed by atoms with Gasteiger partial charge in [-0.2, -0.15) is 0 Å². The van der Waals surface area contributed by atoms with E-state index in [0.29, 0.717) is 11.1 Å². The van der Waals surface area contributed by atoms with Gasteiger partial charge in [-0.3, -0.25) is 9.59 Å². The Bertz CT molecular complexity index is 864. The van der Waals surface area contributed by atoms with Crippen LogP contribution in [0.25, 0.3) is 0 Å². The van der Waals surface area contributed by atoms with Crippen molar-refractivity contribution < 1.29 is 38.1 Å². The fourth-order valence-electron chi connectivity index (χ4n) is 2.89. The van der Waals surface area contributed by atoms with Crippen LogP contribution in [0.3, 0.4) is 0 Å². The highest BCUT2D eigenvalue weighted by atomic mass is 16.6. The van der Waals surface area contributed by atoms with Crippen LogP contribution < -0.4 is 5.32 Å². The first-order chi connectivity index (χ1) is 15.1. The number of ether oxygens (including phenoxy) is 4. The summed E-state index contributed by atoms with van der Waals surface area (Å²) in [5.74, 6) is -2.52. The number of carbonyl (C=O) groups excluding carboxylic acids is 4. The second-order valence-electron chi connectivity index (χ2n) is 9.55. The zero-order valence-electron chi connectivity index (χ0n) is 20.7. The maximum Gasteiger partial charge on any atom is 0.407 e. The van der Waals surface area contributed by atoms with Crippen LogP contribution in [-0.4, -0.2) is 49.4 Å². The van der Waals surface area contributed by atoms with Gasteiger partial charge < -0.3 is 24.3 Å². The molecule has 9 nitrogen and oxygen atoms in total. The van der Waals surface area contributed by atoms with E-state index in [9.17, 15) is 19.2 Å². The van der Waals surface area contributed by atoms with Gasteiger partial charge in [-0.25, -0.2) is 9.59 Å². The van der Waals surface area contributed by atoms with Crippen LogP contribution in [-0.2, 0) is 41.5 Å². The van der Waals surface area contributed by atoms with Crippen LogP contribution >= 0.6 is 0 Å². The normalized spacial score (nSPS) is 12.4. The second-order valence-corrected chi connectivity index (χ2v) is 9.55. The first-order valence-electron chi connectivity index (χ1n) is 10.6. The maximum atomic E-state index is 12.6. The first-order valence-corrected chi connectivity index (χ1v) is 10.6. The van der Waals surface area contributed by atoms with Crippen LogP contribution in [0.5, 0.6) is 0 Å². The molecule has 1 unspecified atom stereocenters.